The second kappa shape index (κ2) is 7.45. The van der Waals surface area contributed by atoms with Crippen LogP contribution in [0.3, 0.4) is 0 Å². The minimum atomic E-state index is 0.522. The SMILES string of the molecule is Cc1ccccc1CSc1n[nH]c(N/N=C/c2c[nH]c3ccccc23)n1. The van der Waals surface area contributed by atoms with Crippen molar-refractivity contribution in [3.8, 4) is 0 Å². The fourth-order valence-electron chi connectivity index (χ4n) is 2.64. The topological polar surface area (TPSA) is 81.8 Å². The highest BCUT2D eigenvalue weighted by atomic mass is 32.2. The number of aromatic nitrogens is 4. The van der Waals surface area contributed by atoms with Crippen LogP contribution in [0.15, 0.2) is 65.0 Å². The van der Waals surface area contributed by atoms with E-state index in [1.807, 2.05) is 36.5 Å². The third-order valence-electron chi connectivity index (χ3n) is 4.08. The molecular weight excluding hydrogens is 344 g/mol. The Kier molecular flexibility index (Phi) is 4.70. The fraction of sp³-hybridized carbons (Fsp3) is 0.105. The molecule has 3 N–H and O–H groups in total. The molecule has 2 aromatic heterocycles. The molecule has 6 nitrogen and oxygen atoms in total. The predicted molar refractivity (Wildman–Crippen MR) is 107 cm³/mol. The lowest BCUT2D eigenvalue weighted by molar-refractivity contribution is 0.972. The first-order valence-electron chi connectivity index (χ1n) is 8.24. The molecule has 2 heterocycles. The number of benzene rings is 2. The van der Waals surface area contributed by atoms with Gasteiger partial charge in [-0.3, -0.25) is 0 Å². The number of hydrogen-bond acceptors (Lipinski definition) is 5. The molecule has 26 heavy (non-hydrogen) atoms. The van der Waals surface area contributed by atoms with Crippen LogP contribution < -0.4 is 5.43 Å². The molecule has 0 saturated heterocycles. The summed E-state index contributed by atoms with van der Waals surface area (Å²) in [4.78, 5) is 7.62. The zero-order valence-corrected chi connectivity index (χ0v) is 15.0. The van der Waals surface area contributed by atoms with E-state index in [-0.39, 0.29) is 0 Å². The number of hydrazone groups is 1. The number of H-pyrrole nitrogens is 2. The van der Waals surface area contributed by atoms with Gasteiger partial charge in [0.1, 0.15) is 0 Å². The van der Waals surface area contributed by atoms with Crippen LogP contribution in [0.2, 0.25) is 0 Å². The summed E-state index contributed by atoms with van der Waals surface area (Å²) in [6.45, 7) is 2.11. The second-order valence-corrected chi connectivity index (χ2v) is 6.78. The van der Waals surface area contributed by atoms with Crippen molar-refractivity contribution < 1.29 is 0 Å². The highest BCUT2D eigenvalue weighted by molar-refractivity contribution is 7.98. The molecule has 0 aliphatic rings. The molecule has 0 saturated carbocycles. The number of hydrogen-bond donors (Lipinski definition) is 3. The minimum absolute atomic E-state index is 0.522. The van der Waals surface area contributed by atoms with Crippen molar-refractivity contribution in [3.05, 3.63) is 71.4 Å². The summed E-state index contributed by atoms with van der Waals surface area (Å²) in [5, 5.41) is 13.1. The van der Waals surface area contributed by atoms with Gasteiger partial charge in [0.25, 0.3) is 0 Å². The summed E-state index contributed by atoms with van der Waals surface area (Å²) in [7, 11) is 0. The van der Waals surface area contributed by atoms with Gasteiger partial charge in [-0.1, -0.05) is 54.2 Å². The van der Waals surface area contributed by atoms with E-state index in [1.54, 1.807) is 18.0 Å². The summed E-state index contributed by atoms with van der Waals surface area (Å²) in [5.74, 6) is 1.36. The number of aryl methyl sites for hydroxylation is 1. The van der Waals surface area contributed by atoms with Crippen molar-refractivity contribution in [1.29, 1.82) is 0 Å². The Balaban J connectivity index is 1.37. The predicted octanol–water partition coefficient (Wildman–Crippen LogP) is 4.33. The van der Waals surface area contributed by atoms with Gasteiger partial charge in [0.2, 0.25) is 11.1 Å². The molecule has 7 heteroatoms. The molecule has 0 fully saturated rings. The Bertz CT molecular complexity index is 1050. The van der Waals surface area contributed by atoms with Crippen molar-refractivity contribution in [3.63, 3.8) is 0 Å². The van der Waals surface area contributed by atoms with Crippen LogP contribution >= 0.6 is 11.8 Å². The quantitative estimate of drug-likeness (QED) is 0.271. The molecule has 0 radical (unpaired) electrons. The molecule has 4 rings (SSSR count). The monoisotopic (exact) mass is 362 g/mol. The van der Waals surface area contributed by atoms with E-state index in [1.165, 1.54) is 11.1 Å². The molecule has 0 aliphatic heterocycles. The molecular formula is C19H18N6S. The first-order valence-corrected chi connectivity index (χ1v) is 9.23. The maximum Gasteiger partial charge on any atom is 0.240 e. The zero-order valence-electron chi connectivity index (χ0n) is 14.2. The molecule has 0 spiro atoms. The van der Waals surface area contributed by atoms with Gasteiger partial charge in [0.15, 0.2) is 0 Å². The van der Waals surface area contributed by atoms with E-state index < -0.39 is 0 Å². The first kappa shape index (κ1) is 16.4. The fourth-order valence-corrected chi connectivity index (χ4v) is 3.51. The van der Waals surface area contributed by atoms with Gasteiger partial charge in [-0.15, -0.1) is 5.10 Å². The van der Waals surface area contributed by atoms with Gasteiger partial charge < -0.3 is 4.98 Å². The smallest absolute Gasteiger partial charge is 0.240 e. The average Bonchev–Trinajstić information content (AvgIpc) is 3.28. The van der Waals surface area contributed by atoms with E-state index >= 15 is 0 Å². The normalized spacial score (nSPS) is 11.4. The standard InChI is InChI=1S/C19H18N6S/c1-13-6-2-3-7-14(13)12-26-19-22-18(24-25-19)23-21-11-15-10-20-17-9-5-4-8-16(15)17/h2-11,20H,12H2,1H3,(H2,22,23,24,25)/b21-11+. The van der Waals surface area contributed by atoms with Crippen molar-refractivity contribution >= 4 is 34.8 Å². The Hall–Kier alpha value is -3.06. The van der Waals surface area contributed by atoms with Crippen molar-refractivity contribution in [2.45, 2.75) is 17.8 Å². The Morgan fingerprint density at radius 1 is 1.15 bits per heavy atom. The van der Waals surface area contributed by atoms with E-state index in [4.69, 9.17) is 0 Å². The molecule has 0 amide bonds. The number of rotatable bonds is 6. The summed E-state index contributed by atoms with van der Waals surface area (Å²) >= 11 is 1.59. The van der Waals surface area contributed by atoms with Crippen molar-refractivity contribution in [2.24, 2.45) is 5.10 Å². The number of aromatic amines is 2. The number of nitrogens with one attached hydrogen (secondary N) is 3. The lowest BCUT2D eigenvalue weighted by atomic mass is 10.1. The van der Waals surface area contributed by atoms with E-state index in [0.717, 1.165) is 22.2 Å². The molecule has 0 unspecified atom stereocenters. The number of thioether (sulfide) groups is 1. The lowest BCUT2D eigenvalue weighted by Crippen LogP contribution is -1.92. The van der Waals surface area contributed by atoms with Crippen LogP contribution in [0.5, 0.6) is 0 Å². The van der Waals surface area contributed by atoms with Gasteiger partial charge in [0.05, 0.1) is 6.21 Å². The Labute approximate surface area is 155 Å². The molecule has 130 valence electrons. The maximum atomic E-state index is 4.40. The Morgan fingerprint density at radius 3 is 2.92 bits per heavy atom. The van der Waals surface area contributed by atoms with Gasteiger partial charge in [-0.05, 0) is 24.1 Å². The number of nitrogens with zero attached hydrogens (tertiary/aromatic N) is 3. The zero-order chi connectivity index (χ0) is 17.8. The number of para-hydroxylation sites is 1. The van der Waals surface area contributed by atoms with E-state index in [2.05, 4.69) is 55.8 Å². The Morgan fingerprint density at radius 2 is 2.00 bits per heavy atom. The lowest BCUT2D eigenvalue weighted by Gasteiger charge is -2.02. The van der Waals surface area contributed by atoms with Crippen LogP contribution in [0.4, 0.5) is 5.95 Å². The molecule has 0 atom stereocenters. The largest absolute Gasteiger partial charge is 0.361 e. The van der Waals surface area contributed by atoms with Gasteiger partial charge in [-0.25, -0.2) is 10.5 Å². The summed E-state index contributed by atoms with van der Waals surface area (Å²) in [6, 6.07) is 16.4. The third-order valence-corrected chi connectivity index (χ3v) is 4.97. The van der Waals surface area contributed by atoms with Crippen LogP contribution in [-0.4, -0.2) is 26.4 Å². The summed E-state index contributed by atoms with van der Waals surface area (Å²) in [6.07, 6.45) is 3.70. The molecule has 0 aliphatic carbocycles. The van der Waals surface area contributed by atoms with Crippen LogP contribution in [0.25, 0.3) is 10.9 Å². The first-order chi connectivity index (χ1) is 12.8. The molecule has 2 aromatic carbocycles. The molecule has 4 aromatic rings. The van der Waals surface area contributed by atoms with E-state index in [9.17, 15) is 0 Å². The van der Waals surface area contributed by atoms with Gasteiger partial charge >= 0.3 is 0 Å². The van der Waals surface area contributed by atoms with Crippen LogP contribution in [0.1, 0.15) is 16.7 Å². The molecule has 0 bridgehead atoms. The third kappa shape index (κ3) is 3.62. The minimum Gasteiger partial charge on any atom is -0.361 e. The highest BCUT2D eigenvalue weighted by Gasteiger charge is 2.05. The van der Waals surface area contributed by atoms with Crippen molar-refractivity contribution in [1.82, 2.24) is 20.2 Å². The highest BCUT2D eigenvalue weighted by Crippen LogP contribution is 2.22. The number of fused-ring (bicyclic) bond motifs is 1. The average molecular weight is 362 g/mol. The maximum absolute atomic E-state index is 4.40. The van der Waals surface area contributed by atoms with Crippen LogP contribution in [0, 0.1) is 6.92 Å². The van der Waals surface area contributed by atoms with Gasteiger partial charge in [0, 0.05) is 28.4 Å². The van der Waals surface area contributed by atoms with Crippen LogP contribution in [-0.2, 0) is 5.75 Å². The van der Waals surface area contributed by atoms with E-state index in [0.29, 0.717) is 11.1 Å². The van der Waals surface area contributed by atoms with Gasteiger partial charge in [-0.2, -0.15) is 10.1 Å². The number of anilines is 1. The summed E-state index contributed by atoms with van der Waals surface area (Å²) in [5.41, 5.74) is 7.55. The summed E-state index contributed by atoms with van der Waals surface area (Å²) < 4.78 is 0. The van der Waals surface area contributed by atoms with Crippen molar-refractivity contribution in [2.75, 3.05) is 5.43 Å². The second-order valence-electron chi connectivity index (χ2n) is 5.84.